The third-order valence-corrected chi connectivity index (χ3v) is 10.0. The molecule has 0 amide bonds. The van der Waals surface area contributed by atoms with Crippen LogP contribution in [0.4, 0.5) is 10.5 Å². The molecule has 1 aliphatic rings. The molecule has 1 fully saturated rings. The maximum absolute atomic E-state index is 11.4. The molecule has 1 saturated heterocycles. The number of nitrogens with one attached hydrogen (secondary N) is 1. The van der Waals surface area contributed by atoms with Crippen molar-refractivity contribution in [2.24, 2.45) is 0 Å². The van der Waals surface area contributed by atoms with E-state index in [-0.39, 0.29) is 0 Å². The van der Waals surface area contributed by atoms with Gasteiger partial charge >= 0.3 is 5.30 Å². The van der Waals surface area contributed by atoms with Crippen molar-refractivity contribution in [2.75, 3.05) is 38.3 Å². The first-order valence-corrected chi connectivity index (χ1v) is 20.9. The molecule has 0 saturated carbocycles. The largest absolute Gasteiger partial charge is 0.494 e. The van der Waals surface area contributed by atoms with Crippen LogP contribution in [0.3, 0.4) is 0 Å². The van der Waals surface area contributed by atoms with E-state index in [1.807, 2.05) is 14.0 Å². The smallest absolute Gasteiger partial charge is 0.364 e. The third-order valence-electron chi connectivity index (χ3n) is 9.70. The summed E-state index contributed by atoms with van der Waals surface area (Å²) in [6, 6.07) is 22.6. The van der Waals surface area contributed by atoms with Gasteiger partial charge in [-0.15, -0.1) is 0 Å². The lowest BCUT2D eigenvalue weighted by Gasteiger charge is -2.22. The number of thioether (sulfide) groups is 1. The highest BCUT2D eigenvalue weighted by Crippen LogP contribution is 2.42. The predicted octanol–water partition coefficient (Wildman–Crippen LogP) is 12.4. The fraction of sp³-hybridized carbons (Fsp3) is 0.556. The van der Waals surface area contributed by atoms with E-state index < -0.39 is 5.30 Å². The molecule has 7 heteroatoms. The van der Waals surface area contributed by atoms with Gasteiger partial charge < -0.3 is 20.0 Å². The van der Waals surface area contributed by atoms with E-state index in [0.29, 0.717) is 31.0 Å². The number of benzene rings is 3. The molecular formula is C45H70N2O4S. The highest BCUT2D eigenvalue weighted by molar-refractivity contribution is 8.12. The topological polar surface area (TPSA) is 78.9 Å². The van der Waals surface area contributed by atoms with Gasteiger partial charge in [0, 0.05) is 25.3 Å². The Bertz CT molecular complexity index is 1390. The SMILES string of the molecule is CCCCC.CCCc1ccc(C2C[C@@H](c3ccc(C(C)CC)c(OCC)c3)CN2CC=O)cc1.CCc1cccc(CC)c1NC.CSC(=O)O. The number of unbranched alkanes of at least 4 members (excludes halogenated alkanes) is 2. The minimum absolute atomic E-state index is 0.292. The van der Waals surface area contributed by atoms with Crippen molar-refractivity contribution in [3.63, 3.8) is 0 Å². The van der Waals surface area contributed by atoms with Gasteiger partial charge in [-0.05, 0) is 108 Å². The third kappa shape index (κ3) is 15.8. The maximum atomic E-state index is 11.4. The van der Waals surface area contributed by atoms with E-state index in [0.717, 1.165) is 68.9 Å². The van der Waals surface area contributed by atoms with E-state index in [1.54, 1.807) is 0 Å². The minimum atomic E-state index is -0.829. The Hall–Kier alpha value is -3.29. The lowest BCUT2D eigenvalue weighted by atomic mass is 9.90. The molecule has 0 aromatic heterocycles. The molecule has 0 aliphatic carbocycles. The first-order chi connectivity index (χ1) is 25.1. The number of aldehydes is 1. The molecule has 0 spiro atoms. The number of nitrogens with zero attached hydrogens (tertiary/aromatic N) is 1. The van der Waals surface area contributed by atoms with E-state index in [4.69, 9.17) is 9.84 Å². The van der Waals surface area contributed by atoms with Crippen LogP contribution in [0, 0.1) is 0 Å². The number of aryl methyl sites for hydroxylation is 3. The lowest BCUT2D eigenvalue weighted by molar-refractivity contribution is -0.109. The summed E-state index contributed by atoms with van der Waals surface area (Å²) in [5.74, 6) is 1.93. The Morgan fingerprint density at radius 1 is 0.942 bits per heavy atom. The number of likely N-dealkylation sites (tertiary alicyclic amines) is 1. The van der Waals surface area contributed by atoms with Crippen molar-refractivity contribution < 1.29 is 19.4 Å². The maximum Gasteiger partial charge on any atom is 0.364 e. The van der Waals surface area contributed by atoms with Crippen molar-refractivity contribution in [3.05, 3.63) is 94.0 Å². The van der Waals surface area contributed by atoms with Crippen LogP contribution in [-0.2, 0) is 24.1 Å². The van der Waals surface area contributed by atoms with Gasteiger partial charge in [0.15, 0.2) is 0 Å². The van der Waals surface area contributed by atoms with Crippen LogP contribution >= 0.6 is 11.8 Å². The molecule has 0 bridgehead atoms. The number of carbonyl (C=O) groups excluding carboxylic acids is 1. The zero-order chi connectivity index (χ0) is 38.9. The van der Waals surface area contributed by atoms with Gasteiger partial charge in [-0.25, -0.2) is 4.79 Å². The summed E-state index contributed by atoms with van der Waals surface area (Å²) in [5, 5.41) is 10.1. The van der Waals surface area contributed by atoms with Crippen molar-refractivity contribution in [1.82, 2.24) is 4.90 Å². The highest BCUT2D eigenvalue weighted by atomic mass is 32.2. The summed E-state index contributed by atoms with van der Waals surface area (Å²) in [5.41, 5.74) is 9.48. The predicted molar refractivity (Wildman–Crippen MR) is 226 cm³/mol. The first-order valence-electron chi connectivity index (χ1n) is 19.7. The van der Waals surface area contributed by atoms with Gasteiger partial charge in [-0.1, -0.05) is 129 Å². The zero-order valence-corrected chi connectivity index (χ0v) is 34.9. The molecule has 2 unspecified atom stereocenters. The van der Waals surface area contributed by atoms with E-state index in [9.17, 15) is 9.59 Å². The standard InChI is InChI=1S/C27H37NO2.C11H17N.C5H12.C2H4O2S/c1-5-8-21-9-11-22(12-10-21)26-17-24(19-28(26)15-16-29)23-13-14-25(20(4)6-2)27(18-23)30-7-3;1-4-9-7-6-8-10(5-2)11(9)12-3;1-3-5-4-2;1-5-2(3)4/h9-14,16,18,20,24,26H,5-8,15,17,19H2,1-4H3;6-8,12H,4-5H2,1-3H3;3-5H2,1-2H3;1H3,(H,3,4)/t20?,24-,26?;;;/m1.../s1. The Morgan fingerprint density at radius 2 is 1.54 bits per heavy atom. The average Bonchev–Trinajstić information content (AvgIpc) is 3.59. The fourth-order valence-electron chi connectivity index (χ4n) is 6.61. The van der Waals surface area contributed by atoms with Gasteiger partial charge in [-0.3, -0.25) is 4.90 Å². The van der Waals surface area contributed by atoms with E-state index in [1.165, 1.54) is 64.6 Å². The molecule has 6 nitrogen and oxygen atoms in total. The number of carboxylic acid groups (broad SMARTS) is 1. The van der Waals surface area contributed by atoms with Crippen LogP contribution in [0.25, 0.3) is 0 Å². The number of ether oxygens (including phenoxy) is 1. The van der Waals surface area contributed by atoms with Crippen LogP contribution in [0.5, 0.6) is 5.75 Å². The van der Waals surface area contributed by atoms with Crippen molar-refractivity contribution in [2.45, 2.75) is 131 Å². The van der Waals surface area contributed by atoms with Crippen molar-refractivity contribution >= 4 is 29.0 Å². The molecule has 4 rings (SSSR count). The average molecular weight is 735 g/mol. The van der Waals surface area contributed by atoms with E-state index in [2.05, 4.69) is 119 Å². The number of rotatable bonds is 15. The quantitative estimate of drug-likeness (QED) is 0.150. The number of carbonyl (C=O) groups is 2. The molecule has 3 atom stereocenters. The van der Waals surface area contributed by atoms with Gasteiger partial charge in [0.05, 0.1) is 13.2 Å². The summed E-state index contributed by atoms with van der Waals surface area (Å²) in [6.45, 7) is 19.6. The van der Waals surface area contributed by atoms with Gasteiger partial charge in [0.2, 0.25) is 0 Å². The number of para-hydroxylation sites is 1. The second kappa shape index (κ2) is 27.3. The Labute approximate surface area is 321 Å². The minimum Gasteiger partial charge on any atom is -0.494 e. The summed E-state index contributed by atoms with van der Waals surface area (Å²) in [7, 11) is 1.99. The van der Waals surface area contributed by atoms with Crippen LogP contribution < -0.4 is 10.1 Å². The molecule has 1 heterocycles. The Morgan fingerprint density at radius 3 is 1.98 bits per heavy atom. The normalized spacial score (nSPS) is 15.5. The Balaban J connectivity index is 0.000000500. The monoisotopic (exact) mass is 735 g/mol. The van der Waals surface area contributed by atoms with Gasteiger partial charge in [-0.2, -0.15) is 0 Å². The Kier molecular flexibility index (Phi) is 24.6. The summed E-state index contributed by atoms with van der Waals surface area (Å²) in [6.07, 6.45) is 13.3. The molecule has 2 N–H and O–H groups in total. The number of anilines is 1. The summed E-state index contributed by atoms with van der Waals surface area (Å²) < 4.78 is 6.01. The van der Waals surface area contributed by atoms with Crippen LogP contribution in [-0.4, -0.2) is 54.6 Å². The van der Waals surface area contributed by atoms with Gasteiger partial charge in [0.1, 0.15) is 12.0 Å². The molecule has 1 aliphatic heterocycles. The first kappa shape index (κ1) is 46.7. The van der Waals surface area contributed by atoms with Crippen LogP contribution in [0.2, 0.25) is 0 Å². The van der Waals surface area contributed by atoms with E-state index >= 15 is 0 Å². The highest BCUT2D eigenvalue weighted by Gasteiger charge is 2.34. The number of hydrogen-bond donors (Lipinski definition) is 2. The van der Waals surface area contributed by atoms with Crippen LogP contribution in [0.1, 0.15) is 145 Å². The molecule has 3 aromatic carbocycles. The van der Waals surface area contributed by atoms with Crippen molar-refractivity contribution in [3.8, 4) is 5.75 Å². The molecule has 52 heavy (non-hydrogen) atoms. The molecular weight excluding hydrogens is 665 g/mol. The fourth-order valence-corrected chi connectivity index (χ4v) is 6.61. The summed E-state index contributed by atoms with van der Waals surface area (Å²) in [4.78, 5) is 23.0. The summed E-state index contributed by atoms with van der Waals surface area (Å²) >= 11 is 0.796. The van der Waals surface area contributed by atoms with Crippen LogP contribution in [0.15, 0.2) is 60.7 Å². The lowest BCUT2D eigenvalue weighted by Crippen LogP contribution is -2.25. The van der Waals surface area contributed by atoms with Gasteiger partial charge in [0.25, 0.3) is 0 Å². The second-order valence-corrected chi connectivity index (χ2v) is 14.1. The molecule has 3 aromatic rings. The molecule has 0 radical (unpaired) electrons. The molecule has 290 valence electrons. The van der Waals surface area contributed by atoms with Crippen molar-refractivity contribution in [1.29, 1.82) is 0 Å². The number of hydrogen-bond acceptors (Lipinski definition) is 6. The second-order valence-electron chi connectivity index (χ2n) is 13.3. The zero-order valence-electron chi connectivity index (χ0n) is 34.1.